The number of hydrogen-bond donors (Lipinski definition) is 0. The third kappa shape index (κ3) is 2.04. The summed E-state index contributed by atoms with van der Waals surface area (Å²) in [5.41, 5.74) is 0.439. The Morgan fingerprint density at radius 3 is 3.09 bits per heavy atom. The van der Waals surface area contributed by atoms with E-state index in [9.17, 15) is 9.59 Å². The lowest BCUT2D eigenvalue weighted by atomic mass is 10.1. The van der Waals surface area contributed by atoms with Gasteiger partial charge in [-0.05, 0) is 18.6 Å². The van der Waals surface area contributed by atoms with Gasteiger partial charge in [-0.25, -0.2) is 4.68 Å². The molecule has 3 heterocycles. The van der Waals surface area contributed by atoms with Crippen LogP contribution in [0.5, 0.6) is 5.75 Å². The normalized spacial score (nSPS) is 19.2. The minimum Gasteiger partial charge on any atom is -0.470 e. The van der Waals surface area contributed by atoms with Gasteiger partial charge in [0, 0.05) is 13.0 Å². The first-order chi connectivity index (χ1) is 11.2. The molecule has 0 spiro atoms. The molecule has 23 heavy (non-hydrogen) atoms. The number of amides is 1. The van der Waals surface area contributed by atoms with Crippen molar-refractivity contribution in [3.63, 3.8) is 0 Å². The van der Waals surface area contributed by atoms with E-state index in [1.165, 1.54) is 0 Å². The molecular formula is C15H13N5O3. The van der Waals surface area contributed by atoms with Crippen molar-refractivity contribution in [1.29, 1.82) is 5.26 Å². The molecule has 0 bridgehead atoms. The second-order valence-corrected chi connectivity index (χ2v) is 5.60. The fourth-order valence-electron chi connectivity index (χ4n) is 3.06. The molecule has 1 saturated heterocycles. The van der Waals surface area contributed by atoms with E-state index in [0.29, 0.717) is 28.8 Å². The zero-order valence-corrected chi connectivity index (χ0v) is 12.2. The molecule has 0 radical (unpaired) electrons. The molecule has 1 atom stereocenters. The molecular weight excluding hydrogens is 298 g/mol. The summed E-state index contributed by atoms with van der Waals surface area (Å²) in [6, 6.07) is 5.10. The summed E-state index contributed by atoms with van der Waals surface area (Å²) in [6.45, 7) is 0.869. The molecule has 1 fully saturated rings. The molecule has 1 unspecified atom stereocenters. The summed E-state index contributed by atoms with van der Waals surface area (Å²) in [4.78, 5) is 26.6. The lowest BCUT2D eigenvalue weighted by Gasteiger charge is -2.31. The van der Waals surface area contributed by atoms with Crippen molar-refractivity contribution in [2.24, 2.45) is 0 Å². The maximum Gasteiger partial charge on any atom is 0.277 e. The highest BCUT2D eigenvalue weighted by Gasteiger charge is 2.37. The van der Waals surface area contributed by atoms with Crippen LogP contribution in [0.4, 0.5) is 0 Å². The van der Waals surface area contributed by atoms with Crippen LogP contribution in [0.2, 0.25) is 0 Å². The number of ether oxygens (including phenoxy) is 1. The summed E-state index contributed by atoms with van der Waals surface area (Å²) in [5, 5.41) is 16.8. The highest BCUT2D eigenvalue weighted by atomic mass is 16.5. The van der Waals surface area contributed by atoms with Crippen LogP contribution in [0.3, 0.4) is 0 Å². The van der Waals surface area contributed by atoms with E-state index < -0.39 is 0 Å². The third-order valence-corrected chi connectivity index (χ3v) is 4.21. The largest absolute Gasteiger partial charge is 0.470 e. The molecule has 0 aliphatic carbocycles. The van der Waals surface area contributed by atoms with Crippen LogP contribution < -0.4 is 10.3 Å². The van der Waals surface area contributed by atoms with Gasteiger partial charge in [0.05, 0.1) is 30.0 Å². The van der Waals surface area contributed by atoms with Crippen LogP contribution in [-0.4, -0.2) is 38.6 Å². The number of carbonyl (C=O) groups is 1. The zero-order chi connectivity index (χ0) is 16.0. The smallest absolute Gasteiger partial charge is 0.277 e. The lowest BCUT2D eigenvalue weighted by molar-refractivity contribution is 0.0295. The highest BCUT2D eigenvalue weighted by Crippen LogP contribution is 2.34. The van der Waals surface area contributed by atoms with Crippen LogP contribution in [0.25, 0.3) is 10.9 Å². The van der Waals surface area contributed by atoms with Crippen LogP contribution in [0.15, 0.2) is 16.9 Å². The fourth-order valence-corrected chi connectivity index (χ4v) is 3.06. The van der Waals surface area contributed by atoms with Gasteiger partial charge in [0.25, 0.3) is 11.5 Å². The molecule has 2 aliphatic heterocycles. The Morgan fingerprint density at radius 2 is 2.26 bits per heavy atom. The average molecular weight is 311 g/mol. The van der Waals surface area contributed by atoms with Gasteiger partial charge >= 0.3 is 0 Å². The summed E-state index contributed by atoms with van der Waals surface area (Å²) in [5.74, 6) is 0.327. The van der Waals surface area contributed by atoms with Crippen LogP contribution in [0, 0.1) is 11.3 Å². The number of benzene rings is 1. The second-order valence-electron chi connectivity index (χ2n) is 5.60. The Balaban J connectivity index is 1.85. The van der Waals surface area contributed by atoms with E-state index in [-0.39, 0.29) is 30.7 Å². The predicted molar refractivity (Wildman–Crippen MR) is 78.7 cm³/mol. The predicted octanol–water partition coefficient (Wildman–Crippen LogP) is 0.660. The maximum atomic E-state index is 12.5. The van der Waals surface area contributed by atoms with Crippen LogP contribution >= 0.6 is 0 Å². The molecule has 2 aliphatic rings. The first-order valence-corrected chi connectivity index (χ1v) is 7.45. The highest BCUT2D eigenvalue weighted by molar-refractivity contribution is 6.01. The van der Waals surface area contributed by atoms with E-state index in [1.54, 1.807) is 17.0 Å². The topological polar surface area (TPSA) is 101 Å². The number of nitrogens with zero attached hydrogens (tertiary/aromatic N) is 5. The Labute approximate surface area is 130 Å². The van der Waals surface area contributed by atoms with Crippen molar-refractivity contribution in [1.82, 2.24) is 19.9 Å². The fraction of sp³-hybridized carbons (Fsp3) is 0.400. The monoisotopic (exact) mass is 311 g/mol. The van der Waals surface area contributed by atoms with Gasteiger partial charge in [0.2, 0.25) is 0 Å². The molecule has 8 nitrogen and oxygen atoms in total. The van der Waals surface area contributed by atoms with E-state index in [0.717, 1.165) is 17.5 Å². The van der Waals surface area contributed by atoms with Crippen molar-refractivity contribution in [3.05, 3.63) is 28.0 Å². The van der Waals surface area contributed by atoms with Crippen LogP contribution in [0.1, 0.15) is 29.6 Å². The number of rotatable bonds is 2. The van der Waals surface area contributed by atoms with Gasteiger partial charge in [-0.3, -0.25) is 9.59 Å². The second kappa shape index (κ2) is 5.05. The molecule has 1 aromatic heterocycles. The number of fused-ring (bicyclic) bond motifs is 3. The van der Waals surface area contributed by atoms with Crippen molar-refractivity contribution in [3.8, 4) is 11.8 Å². The van der Waals surface area contributed by atoms with Crippen molar-refractivity contribution >= 4 is 16.8 Å². The Hall–Kier alpha value is -2.95. The third-order valence-electron chi connectivity index (χ3n) is 4.21. The molecule has 8 heteroatoms. The van der Waals surface area contributed by atoms with Gasteiger partial charge in [-0.2, -0.15) is 5.26 Å². The van der Waals surface area contributed by atoms with Gasteiger partial charge in [0.15, 0.2) is 6.23 Å². The summed E-state index contributed by atoms with van der Waals surface area (Å²) < 4.78 is 7.02. The Kier molecular flexibility index (Phi) is 3.01. The maximum absolute atomic E-state index is 12.5. The van der Waals surface area contributed by atoms with Crippen molar-refractivity contribution < 1.29 is 9.53 Å². The minimum absolute atomic E-state index is 0.0916. The molecule has 1 aromatic carbocycles. The number of hydrogen-bond acceptors (Lipinski definition) is 6. The number of nitriles is 1. The Bertz CT molecular complexity index is 914. The van der Waals surface area contributed by atoms with E-state index in [4.69, 9.17) is 10.00 Å². The zero-order valence-electron chi connectivity index (χ0n) is 12.2. The number of aromatic nitrogens is 3. The number of aryl methyl sites for hydroxylation is 1. The molecule has 2 aromatic rings. The van der Waals surface area contributed by atoms with Crippen molar-refractivity contribution in [2.45, 2.75) is 32.0 Å². The molecule has 4 rings (SSSR count). The van der Waals surface area contributed by atoms with E-state index >= 15 is 0 Å². The van der Waals surface area contributed by atoms with Gasteiger partial charge < -0.3 is 9.64 Å². The van der Waals surface area contributed by atoms with E-state index in [2.05, 4.69) is 10.3 Å². The van der Waals surface area contributed by atoms with Crippen molar-refractivity contribution in [2.75, 3.05) is 6.54 Å². The summed E-state index contributed by atoms with van der Waals surface area (Å²) in [7, 11) is 0. The minimum atomic E-state index is -0.335. The van der Waals surface area contributed by atoms with Crippen LogP contribution in [-0.2, 0) is 6.54 Å². The standard InChI is InChI=1S/C15H13N5O3/c16-4-2-6-20-15(22)9-8-12-10(7-11(9)17-18-20)14(21)19-5-1-3-13(19)23-12/h7-8,13H,1-3,5-6H2. The molecule has 1 amide bonds. The first-order valence-electron chi connectivity index (χ1n) is 7.45. The van der Waals surface area contributed by atoms with Gasteiger partial charge in [0.1, 0.15) is 11.3 Å². The SMILES string of the molecule is N#CCCn1nnc2cc3c(cc2c1=O)OC1CCCN1C3=O. The quantitative estimate of drug-likeness (QED) is 0.807. The van der Waals surface area contributed by atoms with E-state index in [1.807, 2.05) is 6.07 Å². The lowest BCUT2D eigenvalue weighted by Crippen LogP contribution is -2.43. The van der Waals surface area contributed by atoms with Gasteiger partial charge in [-0.15, -0.1) is 5.10 Å². The molecule has 116 valence electrons. The molecule has 0 N–H and O–H groups in total. The first kappa shape index (κ1) is 13.7. The molecule has 0 saturated carbocycles. The summed E-state index contributed by atoms with van der Waals surface area (Å²) >= 11 is 0. The average Bonchev–Trinajstić information content (AvgIpc) is 3.02. The number of carbonyl (C=O) groups excluding carboxylic acids is 1. The van der Waals surface area contributed by atoms with Gasteiger partial charge in [-0.1, -0.05) is 5.21 Å². The summed E-state index contributed by atoms with van der Waals surface area (Å²) in [6.07, 6.45) is 1.63. The Morgan fingerprint density at radius 1 is 1.39 bits per heavy atom.